The number of pyridine rings is 1. The van der Waals surface area contributed by atoms with Crippen LogP contribution in [0.2, 0.25) is 0 Å². The van der Waals surface area contributed by atoms with Gasteiger partial charge in [0, 0.05) is 63.8 Å². The van der Waals surface area contributed by atoms with E-state index < -0.39 is 17.8 Å². The first-order valence-corrected chi connectivity index (χ1v) is 11.5. The molecule has 36 heavy (non-hydrogen) atoms. The number of halogens is 3. The lowest BCUT2D eigenvalue weighted by molar-refractivity contribution is -0.137. The first kappa shape index (κ1) is 24.1. The van der Waals surface area contributed by atoms with E-state index in [-0.39, 0.29) is 23.1 Å². The Labute approximate surface area is 204 Å². The smallest absolute Gasteiger partial charge is 0.383 e. The van der Waals surface area contributed by atoms with Gasteiger partial charge in [-0.2, -0.15) is 18.3 Å². The van der Waals surface area contributed by atoms with Gasteiger partial charge < -0.3 is 24.4 Å². The van der Waals surface area contributed by atoms with Gasteiger partial charge in [0.1, 0.15) is 11.2 Å². The number of nitrogens with one attached hydrogen (secondary N) is 1. The van der Waals surface area contributed by atoms with E-state index in [1.807, 2.05) is 10.8 Å². The van der Waals surface area contributed by atoms with Crippen LogP contribution >= 0.6 is 0 Å². The number of likely N-dealkylation sites (tertiary alicyclic amines) is 1. The summed E-state index contributed by atoms with van der Waals surface area (Å²) in [5.74, 6) is -0.0837. The Morgan fingerprint density at radius 2 is 1.97 bits per heavy atom. The molecule has 1 aliphatic carbocycles. The quantitative estimate of drug-likeness (QED) is 0.556. The summed E-state index contributed by atoms with van der Waals surface area (Å²) >= 11 is 0. The number of carbonyl (C=O) groups is 2. The molecule has 192 valence electrons. The fourth-order valence-corrected chi connectivity index (χ4v) is 5.08. The highest BCUT2D eigenvalue weighted by molar-refractivity contribution is 6.00. The maximum absolute atomic E-state index is 13.1. The van der Waals surface area contributed by atoms with Gasteiger partial charge in [-0.1, -0.05) is 0 Å². The summed E-state index contributed by atoms with van der Waals surface area (Å²) in [6, 6.07) is 0.299. The third-order valence-corrected chi connectivity index (χ3v) is 7.06. The standard InChI is InChI=1S/C23H26F3N7O3/c1-30(21(35)29-16-7-15(10-27-11-16)23(24,25)26)17-8-22(9-17)13-32(14-22)20(34)18-12-28-33-4-3-31(19(18)33)5-6-36-2/h3-4,7,10-12,17H,5-6,8-9,13-14H2,1-2H3,(H,29,35). The number of aromatic nitrogens is 4. The second-order valence-corrected chi connectivity index (χ2v) is 9.54. The maximum Gasteiger partial charge on any atom is 0.417 e. The van der Waals surface area contributed by atoms with Crippen molar-refractivity contribution in [2.24, 2.45) is 5.41 Å². The Morgan fingerprint density at radius 1 is 1.22 bits per heavy atom. The number of amides is 3. The van der Waals surface area contributed by atoms with E-state index in [2.05, 4.69) is 15.4 Å². The molecule has 1 N–H and O–H groups in total. The van der Waals surface area contributed by atoms with Crippen LogP contribution in [-0.2, 0) is 17.5 Å². The van der Waals surface area contributed by atoms with Crippen molar-refractivity contribution in [3.63, 3.8) is 0 Å². The number of hydrogen-bond donors (Lipinski definition) is 1. The zero-order valence-electron chi connectivity index (χ0n) is 19.8. The fraction of sp³-hybridized carbons (Fsp3) is 0.478. The topological polar surface area (TPSA) is 97.0 Å². The van der Waals surface area contributed by atoms with Crippen LogP contribution in [0.1, 0.15) is 28.8 Å². The van der Waals surface area contributed by atoms with E-state index in [1.54, 1.807) is 36.0 Å². The van der Waals surface area contributed by atoms with Crippen LogP contribution in [-0.4, -0.2) is 80.8 Å². The number of nitrogens with zero attached hydrogens (tertiary/aromatic N) is 6. The molecule has 0 radical (unpaired) electrons. The van der Waals surface area contributed by atoms with E-state index in [4.69, 9.17) is 4.74 Å². The van der Waals surface area contributed by atoms with Gasteiger partial charge in [-0.05, 0) is 18.9 Å². The van der Waals surface area contributed by atoms with Gasteiger partial charge in [0.05, 0.1) is 30.3 Å². The van der Waals surface area contributed by atoms with E-state index in [9.17, 15) is 22.8 Å². The third-order valence-electron chi connectivity index (χ3n) is 7.06. The van der Waals surface area contributed by atoms with Crippen LogP contribution in [0.4, 0.5) is 23.7 Å². The maximum atomic E-state index is 13.1. The number of hydrogen-bond acceptors (Lipinski definition) is 5. The van der Waals surface area contributed by atoms with Crippen molar-refractivity contribution in [2.75, 3.05) is 39.2 Å². The summed E-state index contributed by atoms with van der Waals surface area (Å²) in [6.07, 6.45) is 4.03. The predicted octanol–water partition coefficient (Wildman–Crippen LogP) is 2.96. The second kappa shape index (κ2) is 8.80. The van der Waals surface area contributed by atoms with E-state index in [0.29, 0.717) is 38.0 Å². The van der Waals surface area contributed by atoms with Gasteiger partial charge in [0.2, 0.25) is 0 Å². The largest absolute Gasteiger partial charge is 0.417 e. The lowest BCUT2D eigenvalue weighted by Gasteiger charge is -2.60. The second-order valence-electron chi connectivity index (χ2n) is 9.54. The van der Waals surface area contributed by atoms with Crippen molar-refractivity contribution in [1.82, 2.24) is 29.0 Å². The minimum Gasteiger partial charge on any atom is -0.383 e. The first-order valence-electron chi connectivity index (χ1n) is 11.5. The molecule has 0 bridgehead atoms. The van der Waals surface area contributed by atoms with Crippen LogP contribution in [0.5, 0.6) is 0 Å². The van der Waals surface area contributed by atoms with Gasteiger partial charge in [0.25, 0.3) is 5.91 Å². The molecule has 10 nitrogen and oxygen atoms in total. The van der Waals surface area contributed by atoms with Crippen molar-refractivity contribution < 1.29 is 27.5 Å². The van der Waals surface area contributed by atoms with Crippen LogP contribution in [0.25, 0.3) is 5.65 Å². The molecular formula is C23H26F3N7O3. The molecule has 2 aliphatic rings. The number of fused-ring (bicyclic) bond motifs is 1. The highest BCUT2D eigenvalue weighted by atomic mass is 19.4. The van der Waals surface area contributed by atoms with Crippen molar-refractivity contribution in [3.8, 4) is 0 Å². The summed E-state index contributed by atoms with van der Waals surface area (Å²) in [5, 5.41) is 6.76. The first-order chi connectivity index (χ1) is 17.1. The third kappa shape index (κ3) is 4.27. The van der Waals surface area contributed by atoms with E-state index >= 15 is 0 Å². The zero-order chi connectivity index (χ0) is 25.7. The minimum atomic E-state index is -4.54. The monoisotopic (exact) mass is 505 g/mol. The fourth-order valence-electron chi connectivity index (χ4n) is 5.08. The van der Waals surface area contributed by atoms with Crippen molar-refractivity contribution in [2.45, 2.75) is 31.6 Å². The molecule has 1 saturated carbocycles. The normalized spacial score (nSPS) is 17.2. The number of urea groups is 1. The number of anilines is 1. The van der Waals surface area contributed by atoms with E-state index in [1.165, 1.54) is 11.1 Å². The molecule has 3 amide bonds. The van der Waals surface area contributed by atoms with Crippen LogP contribution in [0.15, 0.2) is 37.1 Å². The Hall–Kier alpha value is -3.61. The molecule has 3 aromatic rings. The molecule has 2 fully saturated rings. The summed E-state index contributed by atoms with van der Waals surface area (Å²) < 4.78 is 47.4. The number of alkyl halides is 3. The molecule has 1 aliphatic heterocycles. The zero-order valence-corrected chi connectivity index (χ0v) is 19.8. The van der Waals surface area contributed by atoms with Gasteiger partial charge in [-0.25, -0.2) is 9.31 Å². The van der Waals surface area contributed by atoms with Crippen LogP contribution in [0, 0.1) is 5.41 Å². The number of ether oxygens (including phenoxy) is 1. The molecule has 5 rings (SSSR count). The lowest BCUT2D eigenvalue weighted by atomic mass is 9.60. The SMILES string of the molecule is COCCn1ccn2ncc(C(=O)N3CC4(CC(N(C)C(=O)Nc5cncc(C(F)(F)F)c5)C4)C3)c12. The Balaban J connectivity index is 1.15. The number of imidazole rings is 1. The molecule has 13 heteroatoms. The van der Waals surface area contributed by atoms with E-state index in [0.717, 1.165) is 24.6 Å². The minimum absolute atomic E-state index is 0.0149. The van der Waals surface area contributed by atoms with Crippen molar-refractivity contribution in [3.05, 3.63) is 48.2 Å². The Kier molecular flexibility index (Phi) is 5.89. The van der Waals surface area contributed by atoms with Crippen LogP contribution in [0.3, 0.4) is 0 Å². The molecule has 0 aromatic carbocycles. The van der Waals surface area contributed by atoms with Gasteiger partial charge >= 0.3 is 12.2 Å². The molecule has 4 heterocycles. The average molecular weight is 506 g/mol. The molecular weight excluding hydrogens is 479 g/mol. The lowest BCUT2D eigenvalue weighted by Crippen LogP contribution is -2.67. The molecule has 0 atom stereocenters. The average Bonchev–Trinajstić information content (AvgIpc) is 3.37. The van der Waals surface area contributed by atoms with Crippen molar-refractivity contribution in [1.29, 1.82) is 0 Å². The van der Waals surface area contributed by atoms with Gasteiger partial charge in [-0.3, -0.25) is 9.78 Å². The highest BCUT2D eigenvalue weighted by Crippen LogP contribution is 2.50. The summed E-state index contributed by atoms with van der Waals surface area (Å²) in [4.78, 5) is 32.6. The Morgan fingerprint density at radius 3 is 2.67 bits per heavy atom. The summed E-state index contributed by atoms with van der Waals surface area (Å²) in [6.45, 7) is 2.30. The Bertz CT molecular complexity index is 1290. The molecule has 0 unspecified atom stereocenters. The van der Waals surface area contributed by atoms with Crippen LogP contribution < -0.4 is 5.32 Å². The summed E-state index contributed by atoms with van der Waals surface area (Å²) in [7, 11) is 3.24. The van der Waals surface area contributed by atoms with Crippen molar-refractivity contribution >= 4 is 23.3 Å². The highest BCUT2D eigenvalue weighted by Gasteiger charge is 2.55. The molecule has 1 spiro atoms. The molecule has 1 saturated heterocycles. The number of rotatable bonds is 6. The summed E-state index contributed by atoms with van der Waals surface area (Å²) in [5.41, 5.74) is 0.278. The number of methoxy groups -OCH3 is 1. The van der Waals surface area contributed by atoms with Gasteiger partial charge in [0.15, 0.2) is 0 Å². The van der Waals surface area contributed by atoms with Gasteiger partial charge in [-0.15, -0.1) is 0 Å². The number of carbonyl (C=O) groups excluding carboxylic acids is 2. The molecule has 3 aromatic heterocycles. The predicted molar refractivity (Wildman–Crippen MR) is 122 cm³/mol.